The number of urea groups is 1. The summed E-state index contributed by atoms with van der Waals surface area (Å²) in [5.74, 6) is -2.22. The second-order valence-corrected chi connectivity index (χ2v) is 7.38. The lowest BCUT2D eigenvalue weighted by molar-refractivity contribution is -0.156. The lowest BCUT2D eigenvalue weighted by Gasteiger charge is -2.25. The van der Waals surface area contributed by atoms with E-state index in [1.54, 1.807) is 0 Å². The molecule has 30 heavy (non-hydrogen) atoms. The van der Waals surface area contributed by atoms with E-state index in [4.69, 9.17) is 4.74 Å². The number of hydrogen-bond donors (Lipinski definition) is 2. The van der Waals surface area contributed by atoms with Gasteiger partial charge in [0.05, 0.1) is 0 Å². The Hall–Kier alpha value is -2.97. The summed E-state index contributed by atoms with van der Waals surface area (Å²) in [6.45, 7) is 4.81. The Labute approximate surface area is 175 Å². The highest BCUT2D eigenvalue weighted by Gasteiger charge is 2.50. The Morgan fingerprint density at radius 1 is 1.17 bits per heavy atom. The summed E-state index contributed by atoms with van der Waals surface area (Å²) in [6, 6.07) is 4.98. The SMILES string of the molecule is CCCC1(CCC)NC(=O)N(CC(=O)O[C@H](C)C(=O)NCc2ccc(F)cc2)C1=O. The number of hydrogen-bond acceptors (Lipinski definition) is 5. The average Bonchev–Trinajstić information content (AvgIpc) is 2.92. The van der Waals surface area contributed by atoms with Gasteiger partial charge in [0.15, 0.2) is 6.10 Å². The molecular formula is C21H28FN3O5. The number of nitrogens with one attached hydrogen (secondary N) is 2. The summed E-state index contributed by atoms with van der Waals surface area (Å²) in [5, 5.41) is 5.30. The fourth-order valence-electron chi connectivity index (χ4n) is 3.49. The van der Waals surface area contributed by atoms with Gasteiger partial charge in [-0.2, -0.15) is 0 Å². The number of rotatable bonds is 10. The first-order valence-electron chi connectivity index (χ1n) is 10.1. The smallest absolute Gasteiger partial charge is 0.327 e. The molecule has 8 nitrogen and oxygen atoms in total. The molecule has 0 unspecified atom stereocenters. The van der Waals surface area contributed by atoms with Crippen molar-refractivity contribution in [1.29, 1.82) is 0 Å². The second-order valence-electron chi connectivity index (χ2n) is 7.38. The topological polar surface area (TPSA) is 105 Å². The van der Waals surface area contributed by atoms with Crippen molar-refractivity contribution in [3.05, 3.63) is 35.6 Å². The number of amides is 4. The summed E-state index contributed by atoms with van der Waals surface area (Å²) < 4.78 is 18.0. The fraction of sp³-hybridized carbons (Fsp3) is 0.524. The molecule has 1 atom stereocenters. The van der Waals surface area contributed by atoms with Crippen molar-refractivity contribution in [2.24, 2.45) is 0 Å². The molecule has 164 valence electrons. The molecule has 2 rings (SSSR count). The molecule has 1 aromatic carbocycles. The summed E-state index contributed by atoms with van der Waals surface area (Å²) >= 11 is 0. The van der Waals surface area contributed by atoms with Gasteiger partial charge in [-0.1, -0.05) is 38.8 Å². The molecule has 1 saturated heterocycles. The Morgan fingerprint density at radius 2 is 1.77 bits per heavy atom. The van der Waals surface area contributed by atoms with Crippen LogP contribution in [-0.4, -0.2) is 46.9 Å². The zero-order valence-electron chi connectivity index (χ0n) is 17.5. The van der Waals surface area contributed by atoms with Crippen molar-refractivity contribution >= 4 is 23.8 Å². The van der Waals surface area contributed by atoms with Crippen LogP contribution in [0.25, 0.3) is 0 Å². The number of carbonyl (C=O) groups is 4. The molecule has 0 aromatic heterocycles. The van der Waals surface area contributed by atoms with Gasteiger partial charge in [0.25, 0.3) is 11.8 Å². The van der Waals surface area contributed by atoms with Gasteiger partial charge in [-0.25, -0.2) is 9.18 Å². The highest BCUT2D eigenvalue weighted by atomic mass is 19.1. The molecule has 1 aromatic rings. The fourth-order valence-corrected chi connectivity index (χ4v) is 3.49. The summed E-state index contributed by atoms with van der Waals surface area (Å²) in [6.07, 6.45) is 1.26. The molecular weight excluding hydrogens is 393 g/mol. The van der Waals surface area contributed by atoms with Crippen LogP contribution in [0.2, 0.25) is 0 Å². The number of ether oxygens (including phenoxy) is 1. The molecule has 1 aliphatic rings. The molecule has 9 heteroatoms. The maximum Gasteiger partial charge on any atom is 0.327 e. The van der Waals surface area contributed by atoms with Crippen LogP contribution >= 0.6 is 0 Å². The lowest BCUT2D eigenvalue weighted by Crippen LogP contribution is -2.47. The zero-order chi connectivity index (χ0) is 22.3. The van der Waals surface area contributed by atoms with Crippen molar-refractivity contribution in [2.45, 2.75) is 64.6 Å². The quantitative estimate of drug-likeness (QED) is 0.445. The van der Waals surface area contributed by atoms with E-state index in [0.717, 1.165) is 4.90 Å². The minimum atomic E-state index is -1.12. The lowest BCUT2D eigenvalue weighted by atomic mass is 9.88. The van der Waals surface area contributed by atoms with Crippen LogP contribution in [0.4, 0.5) is 9.18 Å². The first-order chi connectivity index (χ1) is 14.2. The molecule has 0 aliphatic carbocycles. The van der Waals surface area contributed by atoms with Crippen LogP contribution in [0.15, 0.2) is 24.3 Å². The Morgan fingerprint density at radius 3 is 2.33 bits per heavy atom. The van der Waals surface area contributed by atoms with Crippen LogP contribution < -0.4 is 10.6 Å². The number of halogens is 1. The van der Waals surface area contributed by atoms with E-state index in [-0.39, 0.29) is 12.4 Å². The third kappa shape index (κ3) is 5.55. The monoisotopic (exact) mass is 421 g/mol. The molecule has 1 fully saturated rings. The second kappa shape index (κ2) is 10.2. The van der Waals surface area contributed by atoms with E-state index >= 15 is 0 Å². The Bertz CT molecular complexity index is 790. The molecule has 4 amide bonds. The van der Waals surface area contributed by atoms with E-state index in [1.165, 1.54) is 31.2 Å². The van der Waals surface area contributed by atoms with Gasteiger partial charge >= 0.3 is 12.0 Å². The van der Waals surface area contributed by atoms with E-state index in [2.05, 4.69) is 10.6 Å². The summed E-state index contributed by atoms with van der Waals surface area (Å²) in [4.78, 5) is 50.3. The molecule has 1 aliphatic heterocycles. The minimum Gasteiger partial charge on any atom is -0.451 e. The van der Waals surface area contributed by atoms with Crippen molar-refractivity contribution in [3.8, 4) is 0 Å². The standard InChI is InChI=1S/C21H28FN3O5/c1-4-10-21(11-5-2)19(28)25(20(29)24-21)13-17(26)30-14(3)18(27)23-12-15-6-8-16(22)9-7-15/h6-9,14H,4-5,10-13H2,1-3H3,(H,23,27)(H,24,29)/t14-/m1/s1. The van der Waals surface area contributed by atoms with Crippen LogP contribution in [-0.2, 0) is 25.7 Å². The van der Waals surface area contributed by atoms with Crippen LogP contribution in [0, 0.1) is 5.82 Å². The van der Waals surface area contributed by atoms with Gasteiger partial charge in [0.1, 0.15) is 17.9 Å². The molecule has 0 spiro atoms. The van der Waals surface area contributed by atoms with Gasteiger partial charge in [0.2, 0.25) is 0 Å². The van der Waals surface area contributed by atoms with Crippen molar-refractivity contribution in [3.63, 3.8) is 0 Å². The van der Waals surface area contributed by atoms with Crippen LogP contribution in [0.1, 0.15) is 52.0 Å². The maximum absolute atomic E-state index is 12.9. The van der Waals surface area contributed by atoms with E-state index < -0.39 is 42.0 Å². The maximum atomic E-state index is 12.9. The third-order valence-electron chi connectivity index (χ3n) is 4.94. The first-order valence-corrected chi connectivity index (χ1v) is 10.1. The normalized spacial score (nSPS) is 16.2. The summed E-state index contributed by atoms with van der Waals surface area (Å²) in [5.41, 5.74) is -0.301. The van der Waals surface area contributed by atoms with Gasteiger partial charge in [0, 0.05) is 6.54 Å². The van der Waals surface area contributed by atoms with Crippen molar-refractivity contribution in [2.75, 3.05) is 6.54 Å². The van der Waals surface area contributed by atoms with E-state index in [1.807, 2.05) is 13.8 Å². The number of benzene rings is 1. The van der Waals surface area contributed by atoms with Crippen LogP contribution in [0.5, 0.6) is 0 Å². The van der Waals surface area contributed by atoms with Crippen LogP contribution in [0.3, 0.4) is 0 Å². The third-order valence-corrected chi connectivity index (χ3v) is 4.94. The highest BCUT2D eigenvalue weighted by molar-refractivity contribution is 6.08. The minimum absolute atomic E-state index is 0.143. The zero-order valence-corrected chi connectivity index (χ0v) is 17.5. The Kier molecular flexibility index (Phi) is 7.91. The number of carbonyl (C=O) groups excluding carboxylic acids is 4. The average molecular weight is 421 g/mol. The van der Waals surface area contributed by atoms with Crippen molar-refractivity contribution < 1.29 is 28.3 Å². The van der Waals surface area contributed by atoms with Gasteiger partial charge in [-0.15, -0.1) is 0 Å². The number of imide groups is 1. The predicted octanol–water partition coefficient (Wildman–Crippen LogP) is 2.26. The highest BCUT2D eigenvalue weighted by Crippen LogP contribution is 2.28. The molecule has 0 radical (unpaired) electrons. The largest absolute Gasteiger partial charge is 0.451 e. The van der Waals surface area contributed by atoms with E-state index in [9.17, 15) is 23.6 Å². The first kappa shape index (κ1) is 23.3. The van der Waals surface area contributed by atoms with Gasteiger partial charge < -0.3 is 15.4 Å². The van der Waals surface area contributed by atoms with Crippen molar-refractivity contribution in [1.82, 2.24) is 15.5 Å². The number of esters is 1. The number of nitrogens with zero attached hydrogens (tertiary/aromatic N) is 1. The molecule has 1 heterocycles. The Balaban J connectivity index is 1.89. The molecule has 0 saturated carbocycles. The molecule has 2 N–H and O–H groups in total. The summed E-state index contributed by atoms with van der Waals surface area (Å²) in [7, 11) is 0. The predicted molar refractivity (Wildman–Crippen MR) is 107 cm³/mol. The van der Waals surface area contributed by atoms with Gasteiger partial charge in [-0.3, -0.25) is 19.3 Å². The van der Waals surface area contributed by atoms with Gasteiger partial charge in [-0.05, 0) is 37.5 Å². The molecule has 0 bridgehead atoms. The van der Waals surface area contributed by atoms with E-state index in [0.29, 0.717) is 31.2 Å².